The van der Waals surface area contributed by atoms with Crippen molar-refractivity contribution >= 4 is 11.3 Å². The van der Waals surface area contributed by atoms with E-state index < -0.39 is 0 Å². The Morgan fingerprint density at radius 2 is 1.91 bits per heavy atom. The molecular formula is C17H25N3OS. The molecule has 0 fully saturated rings. The number of nitrogens with zero attached hydrogens (tertiary/aromatic N) is 2. The molecule has 4 nitrogen and oxygen atoms in total. The Balaban J connectivity index is 1.92. The molecule has 0 saturated heterocycles. The fraction of sp³-hybridized carbons (Fsp3) is 0.471. The number of aromatic nitrogens is 1. The molecule has 0 aliphatic carbocycles. The zero-order chi connectivity index (χ0) is 15.9. The van der Waals surface area contributed by atoms with E-state index >= 15 is 0 Å². The first-order valence-electron chi connectivity index (χ1n) is 7.56. The number of hydrogen-bond acceptors (Lipinski definition) is 5. The van der Waals surface area contributed by atoms with Crippen LogP contribution in [0, 0.1) is 6.92 Å². The van der Waals surface area contributed by atoms with E-state index in [1.165, 1.54) is 9.88 Å². The lowest BCUT2D eigenvalue weighted by atomic mass is 10.1. The molecule has 0 atom stereocenters. The van der Waals surface area contributed by atoms with Gasteiger partial charge >= 0.3 is 0 Å². The number of hydrogen-bond donors (Lipinski definition) is 1. The highest BCUT2D eigenvalue weighted by Crippen LogP contribution is 2.28. The van der Waals surface area contributed by atoms with Crippen LogP contribution in [0.2, 0.25) is 0 Å². The van der Waals surface area contributed by atoms with Crippen molar-refractivity contribution in [3.63, 3.8) is 0 Å². The van der Waals surface area contributed by atoms with Crippen molar-refractivity contribution < 1.29 is 4.74 Å². The molecule has 0 amide bonds. The Morgan fingerprint density at radius 1 is 1.18 bits per heavy atom. The van der Waals surface area contributed by atoms with Crippen LogP contribution in [0.4, 0.5) is 0 Å². The van der Waals surface area contributed by atoms with E-state index in [2.05, 4.69) is 43.4 Å². The fourth-order valence-electron chi connectivity index (χ4n) is 2.20. The zero-order valence-electron chi connectivity index (χ0n) is 13.8. The molecule has 120 valence electrons. The van der Waals surface area contributed by atoms with Gasteiger partial charge in [0.2, 0.25) is 0 Å². The van der Waals surface area contributed by atoms with Gasteiger partial charge in [-0.05, 0) is 45.3 Å². The number of likely N-dealkylation sites (N-methyl/N-ethyl adjacent to an activating group) is 1. The van der Waals surface area contributed by atoms with Crippen LogP contribution in [-0.4, -0.2) is 50.7 Å². The van der Waals surface area contributed by atoms with Crippen LogP contribution in [0.15, 0.2) is 24.3 Å². The Morgan fingerprint density at radius 3 is 2.55 bits per heavy atom. The predicted octanol–water partition coefficient (Wildman–Crippen LogP) is 2.82. The molecule has 0 unspecified atom stereocenters. The van der Waals surface area contributed by atoms with E-state index in [0.29, 0.717) is 0 Å². The smallest absolute Gasteiger partial charge is 0.118 e. The third-order valence-corrected chi connectivity index (χ3v) is 4.49. The van der Waals surface area contributed by atoms with Crippen molar-refractivity contribution in [1.29, 1.82) is 0 Å². The number of benzene rings is 1. The first kappa shape index (κ1) is 16.9. The largest absolute Gasteiger partial charge is 0.497 e. The van der Waals surface area contributed by atoms with Gasteiger partial charge in [0.05, 0.1) is 17.8 Å². The lowest BCUT2D eigenvalue weighted by molar-refractivity contribution is 0.401. The van der Waals surface area contributed by atoms with Crippen LogP contribution in [0.1, 0.15) is 9.88 Å². The Bertz CT molecular complexity index is 578. The van der Waals surface area contributed by atoms with Crippen LogP contribution in [-0.2, 0) is 6.42 Å². The van der Waals surface area contributed by atoms with Crippen LogP contribution >= 0.6 is 11.3 Å². The van der Waals surface area contributed by atoms with Gasteiger partial charge in [-0.3, -0.25) is 0 Å². The number of ether oxygens (including phenoxy) is 1. The first-order chi connectivity index (χ1) is 10.6. The molecule has 0 aliphatic rings. The topological polar surface area (TPSA) is 37.4 Å². The normalized spacial score (nSPS) is 11.1. The van der Waals surface area contributed by atoms with E-state index in [1.807, 2.05) is 12.1 Å². The second-order valence-corrected chi connectivity index (χ2v) is 6.83. The SMILES string of the molecule is COc1ccc(-c2nc(CCNCCN(C)C)sc2C)cc1. The molecule has 1 aromatic carbocycles. The van der Waals surface area contributed by atoms with E-state index in [1.54, 1.807) is 18.4 Å². The molecule has 0 spiro atoms. The minimum absolute atomic E-state index is 0.877. The predicted molar refractivity (Wildman–Crippen MR) is 94.0 cm³/mol. The van der Waals surface area contributed by atoms with E-state index in [4.69, 9.17) is 9.72 Å². The molecule has 0 radical (unpaired) electrons. The van der Waals surface area contributed by atoms with Crippen molar-refractivity contribution in [3.8, 4) is 17.0 Å². The summed E-state index contributed by atoms with van der Waals surface area (Å²) >= 11 is 1.79. The summed E-state index contributed by atoms with van der Waals surface area (Å²) in [5, 5.41) is 4.65. The highest BCUT2D eigenvalue weighted by molar-refractivity contribution is 7.12. The van der Waals surface area contributed by atoms with Crippen LogP contribution in [0.3, 0.4) is 0 Å². The lowest BCUT2D eigenvalue weighted by Crippen LogP contribution is -2.27. The fourth-order valence-corrected chi connectivity index (χ4v) is 3.15. The summed E-state index contributed by atoms with van der Waals surface area (Å²) in [6.07, 6.45) is 0.981. The van der Waals surface area contributed by atoms with Crippen molar-refractivity contribution in [2.75, 3.05) is 40.8 Å². The summed E-state index contributed by atoms with van der Waals surface area (Å²) in [7, 11) is 5.87. The Labute approximate surface area is 137 Å². The van der Waals surface area contributed by atoms with Crippen LogP contribution < -0.4 is 10.1 Å². The van der Waals surface area contributed by atoms with E-state index in [0.717, 1.165) is 43.1 Å². The summed E-state index contributed by atoms with van der Waals surface area (Å²) in [6, 6.07) is 8.10. The summed E-state index contributed by atoms with van der Waals surface area (Å²) in [4.78, 5) is 8.25. The minimum atomic E-state index is 0.877. The summed E-state index contributed by atoms with van der Waals surface area (Å²) in [5.41, 5.74) is 2.25. The maximum Gasteiger partial charge on any atom is 0.118 e. The van der Waals surface area contributed by atoms with Crippen LogP contribution in [0.25, 0.3) is 11.3 Å². The van der Waals surface area contributed by atoms with Gasteiger partial charge < -0.3 is 15.0 Å². The van der Waals surface area contributed by atoms with Crippen molar-refractivity contribution in [2.24, 2.45) is 0 Å². The Hall–Kier alpha value is -1.43. The average Bonchev–Trinajstić information content (AvgIpc) is 2.87. The van der Waals surface area contributed by atoms with Crippen molar-refractivity contribution in [3.05, 3.63) is 34.2 Å². The molecule has 0 saturated carbocycles. The number of rotatable bonds is 8. The summed E-state index contributed by atoms with van der Waals surface area (Å²) in [5.74, 6) is 0.877. The quantitative estimate of drug-likeness (QED) is 0.759. The molecular weight excluding hydrogens is 294 g/mol. The second-order valence-electron chi connectivity index (χ2n) is 5.54. The van der Waals surface area contributed by atoms with Gasteiger partial charge in [0.15, 0.2) is 0 Å². The van der Waals surface area contributed by atoms with Crippen LogP contribution in [0.5, 0.6) is 5.75 Å². The maximum atomic E-state index is 5.20. The third-order valence-electron chi connectivity index (χ3n) is 3.46. The number of aryl methyl sites for hydroxylation is 1. The molecule has 22 heavy (non-hydrogen) atoms. The standard InChI is InChI=1S/C17H25N3OS/c1-13-17(14-5-7-15(21-4)8-6-14)19-16(22-13)9-10-18-11-12-20(2)3/h5-8,18H,9-12H2,1-4H3. The monoisotopic (exact) mass is 319 g/mol. The molecule has 5 heteroatoms. The minimum Gasteiger partial charge on any atom is -0.497 e. The Kier molecular flexibility index (Phi) is 6.36. The first-order valence-corrected chi connectivity index (χ1v) is 8.38. The molecule has 1 aromatic heterocycles. The average molecular weight is 319 g/mol. The van der Waals surface area contributed by atoms with Crippen molar-refractivity contribution in [1.82, 2.24) is 15.2 Å². The number of methoxy groups -OCH3 is 1. The second kappa shape index (κ2) is 8.27. The highest BCUT2D eigenvalue weighted by Gasteiger charge is 2.09. The molecule has 1 N–H and O–H groups in total. The molecule has 1 heterocycles. The summed E-state index contributed by atoms with van der Waals surface area (Å²) < 4.78 is 5.20. The third kappa shape index (κ3) is 4.80. The number of nitrogens with one attached hydrogen (secondary N) is 1. The molecule has 0 aliphatic heterocycles. The molecule has 2 aromatic rings. The zero-order valence-corrected chi connectivity index (χ0v) is 14.7. The highest BCUT2D eigenvalue weighted by atomic mass is 32.1. The van der Waals surface area contributed by atoms with E-state index in [-0.39, 0.29) is 0 Å². The molecule has 0 bridgehead atoms. The van der Waals surface area contributed by atoms with Gasteiger partial charge in [-0.1, -0.05) is 0 Å². The van der Waals surface area contributed by atoms with Gasteiger partial charge in [-0.25, -0.2) is 4.98 Å². The van der Waals surface area contributed by atoms with Gasteiger partial charge in [-0.2, -0.15) is 0 Å². The lowest BCUT2D eigenvalue weighted by Gasteiger charge is -2.09. The van der Waals surface area contributed by atoms with Gasteiger partial charge in [0, 0.05) is 36.5 Å². The van der Waals surface area contributed by atoms with Crippen molar-refractivity contribution in [2.45, 2.75) is 13.3 Å². The number of thiazole rings is 1. The maximum absolute atomic E-state index is 5.20. The van der Waals surface area contributed by atoms with Gasteiger partial charge in [-0.15, -0.1) is 11.3 Å². The van der Waals surface area contributed by atoms with E-state index in [9.17, 15) is 0 Å². The summed E-state index contributed by atoms with van der Waals surface area (Å²) in [6.45, 7) is 5.19. The van der Waals surface area contributed by atoms with Gasteiger partial charge in [0.25, 0.3) is 0 Å². The van der Waals surface area contributed by atoms with Gasteiger partial charge in [0.1, 0.15) is 5.75 Å². The molecule has 2 rings (SSSR count).